The first-order valence-electron chi connectivity index (χ1n) is 36.1. The summed E-state index contributed by atoms with van der Waals surface area (Å²) in [6.45, 7) is 30.8. The van der Waals surface area contributed by atoms with E-state index in [2.05, 4.69) is 104 Å². The summed E-state index contributed by atoms with van der Waals surface area (Å²) in [4.78, 5) is 0. The van der Waals surface area contributed by atoms with Crippen molar-refractivity contribution < 1.29 is 67.1 Å². The lowest BCUT2D eigenvalue weighted by Crippen LogP contribution is -2.49. The third-order valence-electron chi connectivity index (χ3n) is 20.6. The fraction of sp³-hybridized carbons (Fsp3) is 0.696. The van der Waals surface area contributed by atoms with E-state index in [4.69, 9.17) is 67.1 Å². The SMILES string of the molecule is CCC(C)c1ccc(O)cc1.CCC(C)c1ccc(O)cc1.CCC(C)c1ccc(OCOC2C3CC4CC(C3)CC2C4)cc1.CCC(C)c1ccc(OCOC2C3CC4CC(C3)CC2C4)cc1.CCOCOCC(COCOCC)(COCOCC)COCOCC. The van der Waals surface area contributed by atoms with Gasteiger partial charge >= 0.3 is 0 Å². The minimum atomic E-state index is -0.512. The van der Waals surface area contributed by atoms with Crippen molar-refractivity contribution in [3.8, 4) is 23.0 Å². The third-order valence-corrected chi connectivity index (χ3v) is 20.6. The smallest absolute Gasteiger partial charge is 0.189 e. The van der Waals surface area contributed by atoms with Crippen LogP contribution in [-0.2, 0) is 47.4 Å². The molecule has 0 radical (unpaired) electrons. The molecule has 0 amide bonds. The van der Waals surface area contributed by atoms with Gasteiger partial charge in [0.15, 0.2) is 13.6 Å². The lowest BCUT2D eigenvalue weighted by Gasteiger charge is -2.53. The lowest BCUT2D eigenvalue weighted by molar-refractivity contribution is -0.181. The van der Waals surface area contributed by atoms with E-state index < -0.39 is 5.41 Å². The summed E-state index contributed by atoms with van der Waals surface area (Å²) in [5.41, 5.74) is 4.86. The Morgan fingerprint density at radius 2 is 0.559 bits per heavy atom. The molecule has 0 saturated heterocycles. The number of aromatic hydroxyl groups is 2. The van der Waals surface area contributed by atoms with Crippen molar-refractivity contribution in [1.29, 1.82) is 0 Å². The van der Waals surface area contributed by atoms with Gasteiger partial charge in [-0.1, -0.05) is 104 Å². The average Bonchev–Trinajstić information content (AvgIpc) is 0.794. The summed E-state index contributed by atoms with van der Waals surface area (Å²) in [5.74, 6) is 12.2. The van der Waals surface area contributed by atoms with Gasteiger partial charge in [0, 0.05) is 26.4 Å². The second-order valence-electron chi connectivity index (χ2n) is 27.5. The first kappa shape index (κ1) is 77.7. The van der Waals surface area contributed by atoms with Gasteiger partial charge in [0.1, 0.15) is 50.2 Å². The summed E-state index contributed by atoms with van der Waals surface area (Å²) >= 11 is 0. The number of hydrogen-bond acceptors (Lipinski definition) is 14. The summed E-state index contributed by atoms with van der Waals surface area (Å²) in [5, 5.41) is 18.0. The second kappa shape index (κ2) is 43.1. The molecule has 2 N–H and O–H groups in total. The molecule has 8 bridgehead atoms. The number of benzene rings is 4. The van der Waals surface area contributed by atoms with Crippen molar-refractivity contribution >= 4 is 0 Å². The molecule has 14 nitrogen and oxygen atoms in total. The van der Waals surface area contributed by atoms with E-state index in [1.54, 1.807) is 24.3 Å². The molecule has 8 aliphatic rings. The molecule has 0 aromatic heterocycles. The molecule has 8 saturated carbocycles. The molecule has 0 spiro atoms. The molecule has 0 heterocycles. The van der Waals surface area contributed by atoms with Crippen molar-refractivity contribution in [1.82, 2.24) is 0 Å². The highest BCUT2D eigenvalue weighted by Crippen LogP contribution is 2.56. The molecule has 12 rings (SSSR count). The Hall–Kier alpha value is -4.32. The van der Waals surface area contributed by atoms with E-state index in [1.807, 2.05) is 52.0 Å². The summed E-state index contributed by atoms with van der Waals surface area (Å²) < 4.78 is 67.6. The van der Waals surface area contributed by atoms with E-state index in [1.165, 1.54) is 99.3 Å². The first-order chi connectivity index (χ1) is 45.2. The number of rotatable bonds is 36. The summed E-state index contributed by atoms with van der Waals surface area (Å²) in [6, 6.07) is 31.9. The molecule has 0 aliphatic heterocycles. The molecular weight excluding hydrogens is 1170 g/mol. The van der Waals surface area contributed by atoms with Crippen LogP contribution in [-0.4, -0.2) is 116 Å². The van der Waals surface area contributed by atoms with Gasteiger partial charge in [-0.3, -0.25) is 0 Å². The molecule has 8 aliphatic carbocycles. The molecule has 524 valence electrons. The van der Waals surface area contributed by atoms with Gasteiger partial charge in [-0.05, 0) is 259 Å². The van der Waals surface area contributed by atoms with Crippen molar-refractivity contribution in [2.45, 2.75) is 209 Å². The van der Waals surface area contributed by atoms with Crippen LogP contribution in [0.5, 0.6) is 23.0 Å². The van der Waals surface area contributed by atoms with Gasteiger partial charge in [0.2, 0.25) is 0 Å². The Morgan fingerprint density at radius 3 is 0.785 bits per heavy atom. The van der Waals surface area contributed by atoms with Crippen LogP contribution in [0.1, 0.15) is 219 Å². The maximum atomic E-state index is 9.01. The Balaban J connectivity index is 0.000000191. The standard InChI is InChI=1S/2C21H30O2.C17H36O8.2C10H14O/c2*1-3-14(2)17-4-6-20(7-5-17)22-13-23-21-18-9-15-8-16(11-18)12-19(21)10-15;1-5-18-13-22-9-17(10-23-14-19-6-2,11-24-15-20-7-3)12-25-16-21-8-4;2*1-3-8(2)9-4-6-10(11)7-5-9/h2*4-7,14-16,18-19,21H,3,8-13H2,1-2H3;5-16H2,1-4H3;2*4-8,11H,3H2,1-2H3. The maximum Gasteiger partial charge on any atom is 0.189 e. The largest absolute Gasteiger partial charge is 0.508 e. The van der Waals surface area contributed by atoms with Crippen LogP contribution in [0.25, 0.3) is 0 Å². The predicted molar refractivity (Wildman–Crippen MR) is 371 cm³/mol. The van der Waals surface area contributed by atoms with Crippen molar-refractivity contribution in [2.75, 3.05) is 93.6 Å². The minimum Gasteiger partial charge on any atom is -0.508 e. The molecular formula is C79H124O14. The fourth-order valence-electron chi connectivity index (χ4n) is 14.8. The predicted octanol–water partition coefficient (Wildman–Crippen LogP) is 18.6. The molecule has 93 heavy (non-hydrogen) atoms. The van der Waals surface area contributed by atoms with Gasteiger partial charge in [0.05, 0.1) is 44.1 Å². The summed E-state index contributed by atoms with van der Waals surface area (Å²) in [7, 11) is 0. The third kappa shape index (κ3) is 26.6. The Bertz CT molecular complexity index is 2270. The van der Waals surface area contributed by atoms with Crippen LogP contribution < -0.4 is 9.47 Å². The van der Waals surface area contributed by atoms with E-state index in [0.717, 1.165) is 71.7 Å². The van der Waals surface area contributed by atoms with E-state index in [-0.39, 0.29) is 27.2 Å². The zero-order chi connectivity index (χ0) is 66.8. The van der Waals surface area contributed by atoms with Gasteiger partial charge < -0.3 is 67.1 Å². The number of phenolic OH excluding ortho intramolecular Hbond substituents is 2. The fourth-order valence-corrected chi connectivity index (χ4v) is 14.8. The van der Waals surface area contributed by atoms with E-state index in [0.29, 0.717) is 114 Å². The normalized spacial score (nSPS) is 24.2. The molecule has 4 atom stereocenters. The van der Waals surface area contributed by atoms with Crippen LogP contribution in [0, 0.1) is 52.8 Å². The first-order valence-corrected chi connectivity index (χ1v) is 36.1. The number of hydrogen-bond donors (Lipinski definition) is 2. The minimum absolute atomic E-state index is 0.209. The summed E-state index contributed by atoms with van der Waals surface area (Å²) in [6.07, 6.45) is 19.8. The van der Waals surface area contributed by atoms with Crippen LogP contribution in [0.4, 0.5) is 0 Å². The average molecular weight is 1300 g/mol. The number of ether oxygens (including phenoxy) is 12. The van der Waals surface area contributed by atoms with Crippen LogP contribution in [0.3, 0.4) is 0 Å². The van der Waals surface area contributed by atoms with Crippen LogP contribution in [0.2, 0.25) is 0 Å². The molecule has 8 fully saturated rings. The maximum absolute atomic E-state index is 9.01. The van der Waals surface area contributed by atoms with Gasteiger partial charge in [-0.2, -0.15) is 0 Å². The number of phenols is 2. The van der Waals surface area contributed by atoms with Gasteiger partial charge in [-0.15, -0.1) is 0 Å². The zero-order valence-electron chi connectivity index (χ0n) is 59.4. The quantitative estimate of drug-likeness (QED) is 0.0328. The highest BCUT2D eigenvalue weighted by molar-refractivity contribution is 5.31. The zero-order valence-corrected chi connectivity index (χ0v) is 59.4. The molecule has 4 aromatic carbocycles. The Morgan fingerprint density at radius 1 is 0.323 bits per heavy atom. The van der Waals surface area contributed by atoms with Gasteiger partial charge in [0.25, 0.3) is 0 Å². The molecule has 4 unspecified atom stereocenters. The Labute approximate surface area is 562 Å². The van der Waals surface area contributed by atoms with Crippen molar-refractivity contribution in [3.63, 3.8) is 0 Å². The van der Waals surface area contributed by atoms with E-state index in [9.17, 15) is 0 Å². The Kier molecular flexibility index (Phi) is 36.0. The topological polar surface area (TPSA) is 151 Å². The van der Waals surface area contributed by atoms with Crippen LogP contribution >= 0.6 is 0 Å². The van der Waals surface area contributed by atoms with E-state index >= 15 is 0 Å². The van der Waals surface area contributed by atoms with Crippen LogP contribution in [0.15, 0.2) is 97.1 Å². The second-order valence-corrected chi connectivity index (χ2v) is 27.5. The van der Waals surface area contributed by atoms with Crippen molar-refractivity contribution in [2.24, 2.45) is 52.8 Å². The molecule has 14 heteroatoms. The monoisotopic (exact) mass is 1300 g/mol. The van der Waals surface area contributed by atoms with Gasteiger partial charge in [-0.25, -0.2) is 0 Å². The highest BCUT2D eigenvalue weighted by atomic mass is 16.7. The van der Waals surface area contributed by atoms with Crippen molar-refractivity contribution in [3.05, 3.63) is 119 Å². The highest BCUT2D eigenvalue weighted by Gasteiger charge is 2.50. The molecule has 4 aromatic rings. The lowest BCUT2D eigenvalue weighted by atomic mass is 9.55.